The molecule has 0 spiro atoms. The summed E-state index contributed by atoms with van der Waals surface area (Å²) in [5.74, 6) is -0.118. The predicted molar refractivity (Wildman–Crippen MR) is 98.6 cm³/mol. The van der Waals surface area contributed by atoms with Crippen molar-refractivity contribution in [1.29, 1.82) is 0 Å². The number of carbonyl (C=O) groups excluding carboxylic acids is 2. The molecule has 25 heavy (non-hydrogen) atoms. The Labute approximate surface area is 153 Å². The van der Waals surface area contributed by atoms with Crippen LogP contribution in [-0.2, 0) is 17.9 Å². The minimum absolute atomic E-state index is 0.0144. The maximum Gasteiger partial charge on any atom is 0.275 e. The van der Waals surface area contributed by atoms with Crippen LogP contribution in [0.5, 0.6) is 0 Å². The SMILES string of the molecule is CNC(=O)c1ccc(C[NH+](C)CC(=O)NCc2cccc(Cl)c2)cc1. The summed E-state index contributed by atoms with van der Waals surface area (Å²) in [6.45, 7) is 1.55. The van der Waals surface area contributed by atoms with E-state index in [9.17, 15) is 9.59 Å². The molecule has 1 atom stereocenters. The zero-order valence-electron chi connectivity index (χ0n) is 14.4. The Morgan fingerprint density at radius 3 is 2.44 bits per heavy atom. The van der Waals surface area contributed by atoms with E-state index in [1.807, 2.05) is 37.4 Å². The third-order valence-electron chi connectivity index (χ3n) is 3.79. The average molecular weight is 361 g/mol. The van der Waals surface area contributed by atoms with E-state index >= 15 is 0 Å². The second kappa shape index (κ2) is 9.20. The summed E-state index contributed by atoms with van der Waals surface area (Å²) in [6.07, 6.45) is 0. The third-order valence-corrected chi connectivity index (χ3v) is 4.03. The summed E-state index contributed by atoms with van der Waals surface area (Å²) in [6, 6.07) is 14.9. The zero-order valence-corrected chi connectivity index (χ0v) is 15.2. The van der Waals surface area contributed by atoms with Crippen LogP contribution in [-0.4, -0.2) is 32.5 Å². The minimum Gasteiger partial charge on any atom is -0.355 e. The van der Waals surface area contributed by atoms with Gasteiger partial charge in [-0.3, -0.25) is 9.59 Å². The summed E-state index contributed by atoms with van der Waals surface area (Å²) in [5, 5.41) is 6.16. The molecular formula is C19H23ClN3O2+. The molecule has 0 bridgehead atoms. The highest BCUT2D eigenvalue weighted by Crippen LogP contribution is 2.10. The van der Waals surface area contributed by atoms with Gasteiger partial charge in [0.15, 0.2) is 6.54 Å². The first-order chi connectivity index (χ1) is 12.0. The van der Waals surface area contributed by atoms with Crippen molar-refractivity contribution >= 4 is 23.4 Å². The number of quaternary nitrogens is 1. The van der Waals surface area contributed by atoms with E-state index in [0.29, 0.717) is 30.2 Å². The van der Waals surface area contributed by atoms with Crippen molar-refractivity contribution in [2.45, 2.75) is 13.1 Å². The van der Waals surface area contributed by atoms with Gasteiger partial charge >= 0.3 is 0 Å². The molecule has 2 aromatic rings. The Balaban J connectivity index is 1.80. The predicted octanol–water partition coefficient (Wildman–Crippen LogP) is 1.03. The van der Waals surface area contributed by atoms with Crippen LogP contribution in [0.1, 0.15) is 21.5 Å². The number of amides is 2. The molecule has 0 aromatic heterocycles. The number of benzene rings is 2. The van der Waals surface area contributed by atoms with E-state index in [0.717, 1.165) is 16.0 Å². The highest BCUT2D eigenvalue weighted by molar-refractivity contribution is 6.30. The molecule has 2 amide bonds. The lowest BCUT2D eigenvalue weighted by atomic mass is 10.1. The van der Waals surface area contributed by atoms with E-state index in [1.165, 1.54) is 0 Å². The quantitative estimate of drug-likeness (QED) is 0.690. The second-order valence-corrected chi connectivity index (χ2v) is 6.43. The Morgan fingerprint density at radius 1 is 1.08 bits per heavy atom. The van der Waals surface area contributed by atoms with Gasteiger partial charge in [-0.1, -0.05) is 35.9 Å². The fraction of sp³-hybridized carbons (Fsp3) is 0.263. The molecule has 0 aliphatic rings. The maximum atomic E-state index is 12.1. The van der Waals surface area contributed by atoms with Gasteiger partial charge in [-0.25, -0.2) is 0 Å². The van der Waals surface area contributed by atoms with Crippen LogP contribution in [0.15, 0.2) is 48.5 Å². The van der Waals surface area contributed by atoms with Gasteiger partial charge in [0.1, 0.15) is 6.54 Å². The summed E-state index contributed by atoms with van der Waals surface area (Å²) in [7, 11) is 3.57. The van der Waals surface area contributed by atoms with Gasteiger partial charge in [0.25, 0.3) is 11.8 Å². The zero-order chi connectivity index (χ0) is 18.2. The first-order valence-corrected chi connectivity index (χ1v) is 8.49. The van der Waals surface area contributed by atoms with Crippen molar-refractivity contribution in [3.05, 3.63) is 70.2 Å². The molecule has 5 nitrogen and oxygen atoms in total. The second-order valence-electron chi connectivity index (χ2n) is 5.99. The van der Waals surface area contributed by atoms with Crippen molar-refractivity contribution in [3.63, 3.8) is 0 Å². The smallest absolute Gasteiger partial charge is 0.275 e. The van der Waals surface area contributed by atoms with Gasteiger partial charge in [0.2, 0.25) is 0 Å². The minimum atomic E-state index is -0.104. The van der Waals surface area contributed by atoms with Crippen LogP contribution >= 0.6 is 11.6 Å². The fourth-order valence-electron chi connectivity index (χ4n) is 2.51. The monoisotopic (exact) mass is 360 g/mol. The molecule has 0 heterocycles. The Kier molecular flexibility index (Phi) is 6.98. The molecule has 3 N–H and O–H groups in total. The van der Waals surface area contributed by atoms with Gasteiger partial charge in [-0.15, -0.1) is 0 Å². The maximum absolute atomic E-state index is 12.1. The van der Waals surface area contributed by atoms with Gasteiger partial charge in [-0.2, -0.15) is 0 Å². The standard InChI is InChI=1S/C19H22ClN3O2/c1-21-19(25)16-8-6-14(7-9-16)12-23(2)13-18(24)22-11-15-4-3-5-17(20)10-15/h3-10H,11-13H2,1-2H3,(H,21,25)(H,22,24)/p+1. The molecule has 6 heteroatoms. The topological polar surface area (TPSA) is 62.6 Å². The van der Waals surface area contributed by atoms with Crippen LogP contribution in [0.3, 0.4) is 0 Å². The average Bonchev–Trinajstić information content (AvgIpc) is 2.60. The molecule has 0 saturated carbocycles. The number of hydrogen-bond acceptors (Lipinski definition) is 2. The van der Waals surface area contributed by atoms with Gasteiger partial charge in [0.05, 0.1) is 7.05 Å². The molecule has 0 fully saturated rings. The van der Waals surface area contributed by atoms with Crippen LogP contribution in [0.25, 0.3) is 0 Å². The Hall–Kier alpha value is -2.37. The largest absolute Gasteiger partial charge is 0.355 e. The number of likely N-dealkylation sites (N-methyl/N-ethyl adjacent to an activating group) is 1. The molecule has 1 unspecified atom stereocenters. The molecule has 0 saturated heterocycles. The molecule has 132 valence electrons. The lowest BCUT2D eigenvalue weighted by molar-refractivity contribution is -0.885. The fourth-order valence-corrected chi connectivity index (χ4v) is 2.73. The molecule has 0 aliphatic heterocycles. The number of halogens is 1. The number of nitrogens with one attached hydrogen (secondary N) is 3. The summed E-state index contributed by atoms with van der Waals surface area (Å²) >= 11 is 5.93. The molecule has 2 aromatic carbocycles. The number of carbonyl (C=O) groups is 2. The van der Waals surface area contributed by atoms with Crippen LogP contribution in [0, 0.1) is 0 Å². The van der Waals surface area contributed by atoms with Crippen LogP contribution in [0.2, 0.25) is 5.02 Å². The number of rotatable bonds is 7. The summed E-state index contributed by atoms with van der Waals surface area (Å²) < 4.78 is 0. The van der Waals surface area contributed by atoms with E-state index < -0.39 is 0 Å². The van der Waals surface area contributed by atoms with E-state index in [4.69, 9.17) is 11.6 Å². The van der Waals surface area contributed by atoms with Crippen molar-refractivity contribution in [3.8, 4) is 0 Å². The normalized spacial score (nSPS) is 11.6. The first kappa shape index (κ1) is 19.0. The summed E-state index contributed by atoms with van der Waals surface area (Å²) in [4.78, 5) is 24.7. The van der Waals surface area contributed by atoms with Crippen molar-refractivity contribution in [2.24, 2.45) is 0 Å². The Morgan fingerprint density at radius 2 is 1.80 bits per heavy atom. The van der Waals surface area contributed by atoms with Crippen molar-refractivity contribution in [1.82, 2.24) is 10.6 Å². The van der Waals surface area contributed by atoms with Gasteiger partial charge < -0.3 is 15.5 Å². The van der Waals surface area contributed by atoms with E-state index in [-0.39, 0.29) is 11.8 Å². The molecule has 0 aliphatic carbocycles. The molecular weight excluding hydrogens is 338 g/mol. The lowest BCUT2D eigenvalue weighted by Gasteiger charge is -2.14. The Bertz CT molecular complexity index is 732. The van der Waals surface area contributed by atoms with Gasteiger partial charge in [-0.05, 0) is 29.8 Å². The highest BCUT2D eigenvalue weighted by atomic mass is 35.5. The lowest BCUT2D eigenvalue weighted by Crippen LogP contribution is -3.08. The van der Waals surface area contributed by atoms with E-state index in [1.54, 1.807) is 25.2 Å². The first-order valence-electron chi connectivity index (χ1n) is 8.11. The van der Waals surface area contributed by atoms with Gasteiger partial charge in [0, 0.05) is 29.7 Å². The molecule has 0 radical (unpaired) electrons. The highest BCUT2D eigenvalue weighted by Gasteiger charge is 2.11. The summed E-state index contributed by atoms with van der Waals surface area (Å²) in [5.41, 5.74) is 2.68. The van der Waals surface area contributed by atoms with Crippen molar-refractivity contribution < 1.29 is 14.5 Å². The third kappa shape index (κ3) is 6.21. The number of hydrogen-bond donors (Lipinski definition) is 3. The molecule has 2 rings (SSSR count). The van der Waals surface area contributed by atoms with Crippen LogP contribution < -0.4 is 15.5 Å². The van der Waals surface area contributed by atoms with E-state index in [2.05, 4.69) is 10.6 Å². The van der Waals surface area contributed by atoms with Crippen LogP contribution in [0.4, 0.5) is 0 Å². The van der Waals surface area contributed by atoms with Crippen molar-refractivity contribution in [2.75, 3.05) is 20.6 Å².